The summed E-state index contributed by atoms with van der Waals surface area (Å²) in [6.07, 6.45) is 1.68. The lowest BCUT2D eigenvalue weighted by atomic mass is 10.4. The highest BCUT2D eigenvalue weighted by molar-refractivity contribution is 5.75. The van der Waals surface area contributed by atoms with Crippen molar-refractivity contribution in [2.75, 3.05) is 6.61 Å². The van der Waals surface area contributed by atoms with Gasteiger partial charge in [-0.15, -0.1) is 0 Å². The summed E-state index contributed by atoms with van der Waals surface area (Å²) < 4.78 is 0. The lowest BCUT2D eigenvalue weighted by molar-refractivity contribution is 0.289. The average molecular weight is 103 g/mol. The van der Waals surface area contributed by atoms with Crippen molar-refractivity contribution < 1.29 is 5.11 Å². The molecule has 0 rings (SSSR count). The Morgan fingerprint density at radius 2 is 2.00 bits per heavy atom. The third kappa shape index (κ3) is 8.82. The summed E-state index contributed by atoms with van der Waals surface area (Å²) >= 11 is 0. The van der Waals surface area contributed by atoms with Gasteiger partial charge in [-0.25, -0.2) is 0 Å². The first-order valence-corrected chi connectivity index (χ1v) is 1.82. The summed E-state index contributed by atoms with van der Waals surface area (Å²) in [4.78, 5) is 0. The molecule has 0 aromatic heterocycles. The van der Waals surface area contributed by atoms with Gasteiger partial charge in [0.1, 0.15) is 0 Å². The van der Waals surface area contributed by atoms with E-state index < -0.39 is 0 Å². The maximum Gasteiger partial charge on any atom is 0.187 e. The van der Waals surface area contributed by atoms with Gasteiger partial charge in [0.05, 0.1) is 0 Å². The van der Waals surface area contributed by atoms with E-state index in [1.807, 2.05) is 0 Å². The first kappa shape index (κ1) is 9.70. The number of hydrogen-bond acceptors (Lipinski definition) is 1. The van der Waals surface area contributed by atoms with Gasteiger partial charge in [0, 0.05) is 6.61 Å². The molecule has 1 N–H and O–H groups in total. The fourth-order valence-electron chi connectivity index (χ4n) is 0.112. The second-order valence-electron chi connectivity index (χ2n) is 0.931. The van der Waals surface area contributed by atoms with Crippen LogP contribution in [0.15, 0.2) is 0 Å². The van der Waals surface area contributed by atoms with Crippen molar-refractivity contribution in [3.05, 3.63) is 6.92 Å². The van der Waals surface area contributed by atoms with Crippen molar-refractivity contribution in [2.45, 2.75) is 12.8 Å². The summed E-state index contributed by atoms with van der Waals surface area (Å²) in [5, 5.41) is 8.03. The fraction of sp³-hybridized carbons (Fsp3) is 0.750. The monoisotopic (exact) mass is 103 g/mol. The molecule has 1 radical (unpaired) electrons. The Kier molecular flexibility index (Phi) is 14.7. The highest BCUT2D eigenvalue weighted by Crippen LogP contribution is 1.78. The van der Waals surface area contributed by atoms with Crippen LogP contribution in [0, 0.1) is 6.92 Å². The first-order valence-electron chi connectivity index (χ1n) is 1.82. The quantitative estimate of drug-likeness (QED) is 0.463. The molecule has 0 atom stereocenters. The standard InChI is InChI=1S/C4H9O.Al.3H/c1-2-3-4-5;;;;/h5H,1-4H2;;;;. The Labute approximate surface area is 49.5 Å². The molecule has 0 bridgehead atoms. The maximum absolute atomic E-state index is 8.03. The zero-order chi connectivity index (χ0) is 4.12. The Morgan fingerprint density at radius 3 is 2.00 bits per heavy atom. The Hall–Kier alpha value is 0.492. The van der Waals surface area contributed by atoms with Gasteiger partial charge < -0.3 is 5.11 Å². The number of aliphatic hydroxyl groups is 1. The summed E-state index contributed by atoms with van der Waals surface area (Å²) in [5.74, 6) is 0. The van der Waals surface area contributed by atoms with E-state index >= 15 is 0 Å². The number of unbranched alkanes of at least 4 members (excludes halogenated alkanes) is 1. The molecule has 37 valence electrons. The van der Waals surface area contributed by atoms with Crippen molar-refractivity contribution in [3.63, 3.8) is 0 Å². The Bertz CT molecular complexity index is 15.0. The summed E-state index contributed by atoms with van der Waals surface area (Å²) in [7, 11) is 0. The molecule has 0 aliphatic rings. The average Bonchev–Trinajstić information content (AvgIpc) is 1.41. The molecular weight excluding hydrogens is 91.0 g/mol. The molecule has 0 saturated carbocycles. The summed E-state index contributed by atoms with van der Waals surface area (Å²) in [6.45, 7) is 3.80. The van der Waals surface area contributed by atoms with E-state index in [2.05, 4.69) is 6.92 Å². The van der Waals surface area contributed by atoms with Crippen LogP contribution in [0.2, 0.25) is 0 Å². The normalized spacial score (nSPS) is 7.00. The van der Waals surface area contributed by atoms with E-state index in [0.29, 0.717) is 0 Å². The minimum Gasteiger partial charge on any atom is -0.396 e. The predicted octanol–water partition coefficient (Wildman–Crippen LogP) is -0.591. The van der Waals surface area contributed by atoms with Crippen molar-refractivity contribution in [3.8, 4) is 0 Å². The number of rotatable bonds is 2. The van der Waals surface area contributed by atoms with Gasteiger partial charge in [-0.3, -0.25) is 0 Å². The van der Waals surface area contributed by atoms with Crippen molar-refractivity contribution in [1.29, 1.82) is 0 Å². The first-order chi connectivity index (χ1) is 2.41. The maximum atomic E-state index is 8.03. The van der Waals surface area contributed by atoms with Crippen LogP contribution in [0.1, 0.15) is 12.8 Å². The second-order valence-corrected chi connectivity index (χ2v) is 0.931. The van der Waals surface area contributed by atoms with E-state index in [4.69, 9.17) is 5.11 Å². The van der Waals surface area contributed by atoms with Crippen LogP contribution in [0.5, 0.6) is 0 Å². The lowest BCUT2D eigenvalue weighted by Crippen LogP contribution is -1.75. The molecule has 0 saturated heterocycles. The molecule has 1 nitrogen and oxygen atoms in total. The van der Waals surface area contributed by atoms with Crippen molar-refractivity contribution in [1.82, 2.24) is 0 Å². The molecule has 0 unspecified atom stereocenters. The van der Waals surface area contributed by atoms with E-state index in [9.17, 15) is 0 Å². The van der Waals surface area contributed by atoms with Gasteiger partial charge in [0.15, 0.2) is 17.4 Å². The molecule has 0 heterocycles. The van der Waals surface area contributed by atoms with Gasteiger partial charge in [-0.1, -0.05) is 13.3 Å². The van der Waals surface area contributed by atoms with E-state index in [-0.39, 0.29) is 24.0 Å². The SMILES string of the molecule is [AlH3].[CH2]CCCO. The van der Waals surface area contributed by atoms with E-state index in [0.717, 1.165) is 12.8 Å². The molecule has 2 heteroatoms. The van der Waals surface area contributed by atoms with Gasteiger partial charge >= 0.3 is 0 Å². The van der Waals surface area contributed by atoms with Crippen LogP contribution in [0.4, 0.5) is 0 Å². The van der Waals surface area contributed by atoms with Crippen LogP contribution in [-0.4, -0.2) is 29.1 Å². The topological polar surface area (TPSA) is 20.2 Å². The zero-order valence-electron chi connectivity index (χ0n) is 3.28. The van der Waals surface area contributed by atoms with Crippen LogP contribution in [0.3, 0.4) is 0 Å². The molecule has 0 aromatic carbocycles. The number of aliphatic hydroxyl groups excluding tert-OH is 1. The highest BCUT2D eigenvalue weighted by atomic mass is 27.0. The van der Waals surface area contributed by atoms with Crippen LogP contribution >= 0.6 is 0 Å². The van der Waals surface area contributed by atoms with E-state index in [1.165, 1.54) is 0 Å². The van der Waals surface area contributed by atoms with Gasteiger partial charge in [0.2, 0.25) is 0 Å². The van der Waals surface area contributed by atoms with Crippen LogP contribution in [-0.2, 0) is 0 Å². The fourth-order valence-corrected chi connectivity index (χ4v) is 0.112. The van der Waals surface area contributed by atoms with Crippen molar-refractivity contribution in [2.24, 2.45) is 0 Å². The minimum absolute atomic E-state index is 0. The molecule has 0 spiro atoms. The highest BCUT2D eigenvalue weighted by Gasteiger charge is 1.69. The predicted molar refractivity (Wildman–Crippen MR) is 31.6 cm³/mol. The third-order valence-electron chi connectivity index (χ3n) is 0.408. The lowest BCUT2D eigenvalue weighted by Gasteiger charge is -1.79. The zero-order valence-corrected chi connectivity index (χ0v) is 3.28. The molecule has 0 fully saturated rings. The molecule has 0 aromatic rings. The second kappa shape index (κ2) is 9.09. The Balaban J connectivity index is 0. The summed E-state index contributed by atoms with van der Waals surface area (Å²) in [5.41, 5.74) is 0. The molecule has 0 aliphatic heterocycles. The van der Waals surface area contributed by atoms with E-state index in [1.54, 1.807) is 0 Å². The smallest absolute Gasteiger partial charge is 0.187 e. The number of hydrogen-bond donors (Lipinski definition) is 1. The Morgan fingerprint density at radius 1 is 1.50 bits per heavy atom. The van der Waals surface area contributed by atoms with Crippen LogP contribution < -0.4 is 0 Å². The van der Waals surface area contributed by atoms with Crippen molar-refractivity contribution >= 4 is 17.4 Å². The molecule has 0 amide bonds. The minimum atomic E-state index is 0. The van der Waals surface area contributed by atoms with Crippen LogP contribution in [0.25, 0.3) is 0 Å². The molecular formula is C4H12AlO. The van der Waals surface area contributed by atoms with Gasteiger partial charge in [0.25, 0.3) is 0 Å². The van der Waals surface area contributed by atoms with Gasteiger partial charge in [-0.2, -0.15) is 0 Å². The van der Waals surface area contributed by atoms with Gasteiger partial charge in [-0.05, 0) is 6.42 Å². The third-order valence-corrected chi connectivity index (χ3v) is 0.408. The molecule has 0 aliphatic carbocycles. The largest absolute Gasteiger partial charge is 0.396 e. The molecule has 6 heavy (non-hydrogen) atoms. The summed E-state index contributed by atoms with van der Waals surface area (Å²) in [6, 6.07) is 0.